The molecular weight excluding hydrogens is 571 g/mol. The van der Waals surface area contributed by atoms with Crippen molar-refractivity contribution in [1.29, 1.82) is 0 Å². The number of hydrogen-bond donors (Lipinski definition) is 2. The lowest BCUT2D eigenvalue weighted by molar-refractivity contribution is -0.138. The third-order valence-corrected chi connectivity index (χ3v) is 7.68. The Labute approximate surface area is 229 Å². The number of nitrogens with zero attached hydrogens (tertiary/aromatic N) is 6. The SMILES string of the molecule is CC(=O)c1nn(CC(=O)N2[C@@H]3C[C@@H]3C[C@H]2C(=O)Nc2ccc(F)c(Br)n2)c2ccc(-c3cnc(N)nc3)cc12. The van der Waals surface area contributed by atoms with E-state index in [9.17, 15) is 18.8 Å². The summed E-state index contributed by atoms with van der Waals surface area (Å²) in [6, 6.07) is 7.30. The molecule has 11 nitrogen and oxygen atoms in total. The van der Waals surface area contributed by atoms with Gasteiger partial charge in [-0.25, -0.2) is 19.3 Å². The van der Waals surface area contributed by atoms with Crippen LogP contribution in [0.3, 0.4) is 0 Å². The second kappa shape index (κ2) is 9.49. The number of ketones is 1. The van der Waals surface area contributed by atoms with Crippen LogP contribution in [0.1, 0.15) is 30.3 Å². The van der Waals surface area contributed by atoms with Gasteiger partial charge in [-0.3, -0.25) is 19.1 Å². The Hall–Kier alpha value is -4.26. The summed E-state index contributed by atoms with van der Waals surface area (Å²) in [6.07, 6.45) is 4.56. The molecule has 0 radical (unpaired) electrons. The molecule has 13 heteroatoms. The highest BCUT2D eigenvalue weighted by Crippen LogP contribution is 2.48. The fourth-order valence-corrected chi connectivity index (χ4v) is 5.51. The Balaban J connectivity index is 1.26. The lowest BCUT2D eigenvalue weighted by Crippen LogP contribution is -2.46. The van der Waals surface area contributed by atoms with Gasteiger partial charge in [0.1, 0.15) is 28.7 Å². The molecule has 1 aromatic carbocycles. The van der Waals surface area contributed by atoms with Crippen molar-refractivity contribution in [3.63, 3.8) is 0 Å². The van der Waals surface area contributed by atoms with E-state index in [0.29, 0.717) is 17.3 Å². The van der Waals surface area contributed by atoms with Gasteiger partial charge in [-0.15, -0.1) is 0 Å². The zero-order valence-corrected chi connectivity index (χ0v) is 22.2. The van der Waals surface area contributed by atoms with Crippen molar-refractivity contribution in [1.82, 2.24) is 29.6 Å². The third kappa shape index (κ3) is 4.62. The number of benzene rings is 1. The van der Waals surface area contributed by atoms with Crippen molar-refractivity contribution < 1.29 is 18.8 Å². The van der Waals surface area contributed by atoms with E-state index < -0.39 is 11.9 Å². The molecule has 2 amide bonds. The van der Waals surface area contributed by atoms with E-state index in [1.807, 2.05) is 12.1 Å². The highest BCUT2D eigenvalue weighted by atomic mass is 79.9. The predicted molar refractivity (Wildman–Crippen MR) is 143 cm³/mol. The number of fused-ring (bicyclic) bond motifs is 2. The third-order valence-electron chi connectivity index (χ3n) is 7.12. The summed E-state index contributed by atoms with van der Waals surface area (Å²) in [5.74, 6) is -0.843. The smallest absolute Gasteiger partial charge is 0.248 e. The molecule has 0 bridgehead atoms. The van der Waals surface area contributed by atoms with Crippen LogP contribution in [-0.4, -0.2) is 59.3 Å². The number of likely N-dealkylation sites (tertiary alicyclic amines) is 1. The fraction of sp³-hybridized carbons (Fsp3) is 0.269. The summed E-state index contributed by atoms with van der Waals surface area (Å²) in [5.41, 5.74) is 7.94. The van der Waals surface area contributed by atoms with Crippen LogP contribution in [0.2, 0.25) is 0 Å². The van der Waals surface area contributed by atoms with Gasteiger partial charge in [0.15, 0.2) is 11.6 Å². The van der Waals surface area contributed by atoms with Crippen LogP contribution in [0, 0.1) is 11.7 Å². The number of carbonyl (C=O) groups is 3. The number of anilines is 2. The topological polar surface area (TPSA) is 149 Å². The first-order valence-corrected chi connectivity index (χ1v) is 13.0. The van der Waals surface area contributed by atoms with Crippen molar-refractivity contribution in [2.24, 2.45) is 5.92 Å². The lowest BCUT2D eigenvalue weighted by atomic mass is 10.0. The fourth-order valence-electron chi connectivity index (χ4n) is 5.18. The molecule has 2 fully saturated rings. The number of piperidine rings is 1. The number of aromatic nitrogens is 5. The molecule has 1 saturated carbocycles. The van der Waals surface area contributed by atoms with Crippen LogP contribution < -0.4 is 11.1 Å². The average molecular weight is 593 g/mol. The Morgan fingerprint density at radius 1 is 1.13 bits per heavy atom. The molecular formula is C26H22BrFN8O3. The molecule has 3 atom stereocenters. The quantitative estimate of drug-likeness (QED) is 0.256. The minimum atomic E-state index is -0.682. The molecule has 1 aliphatic heterocycles. The number of rotatable bonds is 6. The summed E-state index contributed by atoms with van der Waals surface area (Å²) in [6.45, 7) is 1.28. The van der Waals surface area contributed by atoms with Crippen molar-refractivity contribution in [3.05, 3.63) is 58.8 Å². The van der Waals surface area contributed by atoms with E-state index in [1.165, 1.54) is 23.7 Å². The summed E-state index contributed by atoms with van der Waals surface area (Å²) in [7, 11) is 0. The van der Waals surface area contributed by atoms with Gasteiger partial charge in [0.25, 0.3) is 0 Å². The molecule has 3 N–H and O–H groups in total. The van der Waals surface area contributed by atoms with Crippen LogP contribution in [0.4, 0.5) is 16.2 Å². The maximum absolute atomic E-state index is 13.6. The molecule has 198 valence electrons. The number of nitrogens with one attached hydrogen (secondary N) is 1. The van der Waals surface area contributed by atoms with Gasteiger partial charge in [-0.05, 0) is 64.5 Å². The van der Waals surface area contributed by atoms with Gasteiger partial charge in [-0.1, -0.05) is 6.07 Å². The first-order chi connectivity index (χ1) is 18.7. The maximum atomic E-state index is 13.6. The second-order valence-electron chi connectivity index (χ2n) is 9.70. The predicted octanol–water partition coefficient (Wildman–Crippen LogP) is 3.20. The molecule has 4 aromatic rings. The normalized spacial score (nSPS) is 19.7. The molecule has 1 saturated heterocycles. The van der Waals surface area contributed by atoms with E-state index >= 15 is 0 Å². The van der Waals surface area contributed by atoms with Gasteiger partial charge in [-0.2, -0.15) is 5.10 Å². The van der Waals surface area contributed by atoms with Crippen molar-refractivity contribution in [2.75, 3.05) is 11.1 Å². The standard InChI is InChI=1S/C26H22BrFN8O3/c1-12(37)23-16-6-13(15-9-30-26(29)31-10-15)2-4-18(16)35(34-23)11-22(38)36-19-7-14(19)8-20(36)25(39)33-21-5-3-17(28)24(27)32-21/h2-6,9-10,14,19-20H,7-8,11H2,1H3,(H2,29,30,31)(H,32,33,39)/t14-,19-,20+/m1/s1. The van der Waals surface area contributed by atoms with E-state index in [-0.39, 0.29) is 58.2 Å². The van der Waals surface area contributed by atoms with Gasteiger partial charge in [0.2, 0.25) is 17.8 Å². The Morgan fingerprint density at radius 2 is 1.90 bits per heavy atom. The molecule has 1 aliphatic carbocycles. The van der Waals surface area contributed by atoms with Gasteiger partial charge in [0.05, 0.1) is 5.52 Å². The highest BCUT2D eigenvalue weighted by Gasteiger charge is 2.56. The molecule has 6 rings (SSSR count). The number of Topliss-reactive ketones (excluding diaryl/α,β-unsaturated/α-hetero) is 1. The Morgan fingerprint density at radius 3 is 2.62 bits per heavy atom. The first kappa shape index (κ1) is 25.0. The number of nitrogens with two attached hydrogens (primary N) is 1. The molecule has 3 aromatic heterocycles. The minimum absolute atomic E-state index is 0.0126. The van der Waals surface area contributed by atoms with Crippen LogP contribution in [-0.2, 0) is 16.1 Å². The van der Waals surface area contributed by atoms with Gasteiger partial charge < -0.3 is 16.0 Å². The first-order valence-electron chi connectivity index (χ1n) is 12.2. The maximum Gasteiger partial charge on any atom is 0.248 e. The molecule has 4 heterocycles. The number of nitrogen functional groups attached to an aromatic ring is 1. The second-order valence-corrected chi connectivity index (χ2v) is 10.4. The Bertz CT molecular complexity index is 1660. The molecule has 0 unspecified atom stereocenters. The van der Waals surface area contributed by atoms with E-state index in [1.54, 1.807) is 23.4 Å². The van der Waals surface area contributed by atoms with Crippen molar-refractivity contribution in [2.45, 2.75) is 38.4 Å². The summed E-state index contributed by atoms with van der Waals surface area (Å²) < 4.78 is 15.0. The van der Waals surface area contributed by atoms with E-state index in [4.69, 9.17) is 5.73 Å². The number of pyridine rings is 1. The lowest BCUT2D eigenvalue weighted by Gasteiger charge is -2.26. The van der Waals surface area contributed by atoms with Crippen LogP contribution in [0.5, 0.6) is 0 Å². The largest absolute Gasteiger partial charge is 0.368 e. The van der Waals surface area contributed by atoms with E-state index in [0.717, 1.165) is 17.5 Å². The summed E-state index contributed by atoms with van der Waals surface area (Å²) in [4.78, 5) is 52.7. The van der Waals surface area contributed by atoms with Crippen LogP contribution in [0.25, 0.3) is 22.0 Å². The summed E-state index contributed by atoms with van der Waals surface area (Å²) in [5, 5.41) is 7.75. The van der Waals surface area contributed by atoms with Crippen molar-refractivity contribution >= 4 is 56.2 Å². The minimum Gasteiger partial charge on any atom is -0.368 e. The van der Waals surface area contributed by atoms with Crippen molar-refractivity contribution in [3.8, 4) is 11.1 Å². The van der Waals surface area contributed by atoms with Gasteiger partial charge >= 0.3 is 0 Å². The zero-order valence-electron chi connectivity index (χ0n) is 20.6. The monoisotopic (exact) mass is 592 g/mol. The van der Waals surface area contributed by atoms with Crippen LogP contribution in [0.15, 0.2) is 47.3 Å². The number of halogens is 2. The molecule has 0 spiro atoms. The van der Waals surface area contributed by atoms with Gasteiger partial charge in [0, 0.05) is 36.3 Å². The number of carbonyl (C=O) groups excluding carboxylic acids is 3. The van der Waals surface area contributed by atoms with E-state index in [2.05, 4.69) is 41.3 Å². The van der Waals surface area contributed by atoms with Crippen LogP contribution >= 0.6 is 15.9 Å². The number of hydrogen-bond acceptors (Lipinski definition) is 8. The zero-order chi connectivity index (χ0) is 27.4. The molecule has 39 heavy (non-hydrogen) atoms. The average Bonchev–Trinajstić information content (AvgIpc) is 3.41. The Kier molecular flexibility index (Phi) is 6.09. The molecule has 2 aliphatic rings. The number of amides is 2. The highest BCUT2D eigenvalue weighted by molar-refractivity contribution is 9.10. The summed E-state index contributed by atoms with van der Waals surface area (Å²) >= 11 is 3.01.